The Hall–Kier alpha value is -1.95. The molecular formula is C11H16N2O4. The molecule has 2 rings (SSSR count). The molecule has 0 saturated carbocycles. The number of nitrogens with one attached hydrogen (secondary N) is 1. The second-order valence-electron chi connectivity index (χ2n) is 4.26. The summed E-state index contributed by atoms with van der Waals surface area (Å²) >= 11 is 0. The number of fused-ring (bicyclic) bond motifs is 1. The lowest BCUT2D eigenvalue weighted by Gasteiger charge is -2.17. The normalized spacial score (nSPS) is 15.0. The van der Waals surface area contributed by atoms with E-state index in [2.05, 4.69) is 25.3 Å². The molecule has 1 aliphatic heterocycles. The number of hydrogen-bond donors (Lipinski definition) is 4. The van der Waals surface area contributed by atoms with E-state index in [0.717, 1.165) is 17.9 Å². The maximum atomic E-state index is 8.56. The first kappa shape index (κ1) is 13.1. The molecule has 1 heterocycles. The van der Waals surface area contributed by atoms with Gasteiger partial charge in [-0.2, -0.15) is 0 Å². The van der Waals surface area contributed by atoms with Crippen LogP contribution in [0.5, 0.6) is 5.75 Å². The minimum absolute atomic E-state index is 0.102. The first-order valence-corrected chi connectivity index (χ1v) is 5.05. The van der Waals surface area contributed by atoms with E-state index >= 15 is 0 Å². The van der Waals surface area contributed by atoms with E-state index in [4.69, 9.17) is 25.6 Å². The van der Waals surface area contributed by atoms with Gasteiger partial charge in [-0.25, -0.2) is 4.79 Å². The van der Waals surface area contributed by atoms with Gasteiger partial charge in [-0.15, -0.1) is 0 Å². The minimum atomic E-state index is -1.83. The molecule has 1 aromatic rings. The quantitative estimate of drug-likeness (QED) is 0.441. The van der Waals surface area contributed by atoms with Crippen molar-refractivity contribution in [3.05, 3.63) is 23.8 Å². The Balaban J connectivity index is 0.000000317. The molecule has 1 aromatic carbocycles. The number of nitrogen functional groups attached to an aromatic ring is 1. The second kappa shape index (κ2) is 4.92. The van der Waals surface area contributed by atoms with Crippen LogP contribution in [-0.4, -0.2) is 22.0 Å². The highest BCUT2D eigenvalue weighted by atomic mass is 16.6. The summed E-state index contributed by atoms with van der Waals surface area (Å²) < 4.78 is 5.77. The maximum Gasteiger partial charge on any atom is 0.503 e. The van der Waals surface area contributed by atoms with Crippen molar-refractivity contribution in [1.82, 2.24) is 0 Å². The van der Waals surface area contributed by atoms with Gasteiger partial charge in [0.15, 0.2) is 0 Å². The van der Waals surface area contributed by atoms with Crippen LogP contribution in [0.15, 0.2) is 18.2 Å². The average Bonchev–Trinajstić information content (AvgIpc) is 2.50. The molecule has 0 aliphatic carbocycles. The Kier molecular flexibility index (Phi) is 3.80. The third kappa shape index (κ3) is 3.53. The molecule has 6 nitrogen and oxygen atoms in total. The SMILES string of the molecule is CC1(C)Cc2cccc(NN)c2O1.O=C(O)O. The Morgan fingerprint density at radius 3 is 2.59 bits per heavy atom. The van der Waals surface area contributed by atoms with Crippen molar-refractivity contribution < 1.29 is 19.7 Å². The molecule has 0 spiro atoms. The molecule has 5 N–H and O–H groups in total. The van der Waals surface area contributed by atoms with Gasteiger partial charge in [-0.1, -0.05) is 12.1 Å². The topological polar surface area (TPSA) is 105 Å². The van der Waals surface area contributed by atoms with Gasteiger partial charge in [0.2, 0.25) is 0 Å². The summed E-state index contributed by atoms with van der Waals surface area (Å²) in [5.41, 5.74) is 4.62. The molecule has 94 valence electrons. The molecule has 0 atom stereocenters. The summed E-state index contributed by atoms with van der Waals surface area (Å²) in [5.74, 6) is 6.28. The van der Waals surface area contributed by atoms with E-state index in [-0.39, 0.29) is 5.60 Å². The van der Waals surface area contributed by atoms with Crippen LogP contribution >= 0.6 is 0 Å². The predicted molar refractivity (Wildman–Crippen MR) is 63.3 cm³/mol. The fourth-order valence-electron chi connectivity index (χ4n) is 1.73. The number of para-hydroxylation sites is 1. The van der Waals surface area contributed by atoms with Crippen molar-refractivity contribution in [2.75, 3.05) is 5.43 Å². The molecule has 0 amide bonds. The minimum Gasteiger partial charge on any atom is -0.485 e. The molecule has 1 aliphatic rings. The van der Waals surface area contributed by atoms with Gasteiger partial charge in [0.25, 0.3) is 0 Å². The lowest BCUT2D eigenvalue weighted by molar-refractivity contribution is 0.136. The second-order valence-corrected chi connectivity index (χ2v) is 4.26. The van der Waals surface area contributed by atoms with Gasteiger partial charge in [-0.3, -0.25) is 5.84 Å². The zero-order valence-electron chi connectivity index (χ0n) is 9.73. The van der Waals surface area contributed by atoms with E-state index < -0.39 is 6.16 Å². The number of nitrogens with two attached hydrogens (primary N) is 1. The van der Waals surface area contributed by atoms with Crippen molar-refractivity contribution in [3.63, 3.8) is 0 Å². The average molecular weight is 240 g/mol. The van der Waals surface area contributed by atoms with Crippen molar-refractivity contribution in [1.29, 1.82) is 0 Å². The number of ether oxygens (including phenoxy) is 1. The lowest BCUT2D eigenvalue weighted by Crippen LogP contribution is -2.25. The predicted octanol–water partition coefficient (Wildman–Crippen LogP) is 1.91. The van der Waals surface area contributed by atoms with Crippen LogP contribution in [0.4, 0.5) is 10.5 Å². The summed E-state index contributed by atoms with van der Waals surface area (Å²) in [4.78, 5) is 8.56. The molecular weight excluding hydrogens is 224 g/mol. The first-order chi connectivity index (χ1) is 7.85. The van der Waals surface area contributed by atoms with Crippen molar-refractivity contribution >= 4 is 11.8 Å². The fourth-order valence-corrected chi connectivity index (χ4v) is 1.73. The zero-order chi connectivity index (χ0) is 13.1. The highest BCUT2D eigenvalue weighted by Crippen LogP contribution is 2.39. The van der Waals surface area contributed by atoms with Crippen molar-refractivity contribution in [2.24, 2.45) is 5.84 Å². The molecule has 0 unspecified atom stereocenters. The molecule has 0 aromatic heterocycles. The third-order valence-corrected chi connectivity index (χ3v) is 2.25. The van der Waals surface area contributed by atoms with Crippen LogP contribution in [0.25, 0.3) is 0 Å². The summed E-state index contributed by atoms with van der Waals surface area (Å²) in [6.07, 6.45) is -0.891. The van der Waals surface area contributed by atoms with Crippen LogP contribution in [0.3, 0.4) is 0 Å². The molecule has 0 fully saturated rings. The summed E-state index contributed by atoms with van der Waals surface area (Å²) in [7, 11) is 0. The number of benzene rings is 1. The summed E-state index contributed by atoms with van der Waals surface area (Å²) in [5, 5.41) is 13.9. The van der Waals surface area contributed by atoms with Crippen LogP contribution in [0.2, 0.25) is 0 Å². The van der Waals surface area contributed by atoms with E-state index in [1.165, 1.54) is 5.56 Å². The number of rotatable bonds is 1. The number of hydrogen-bond acceptors (Lipinski definition) is 4. The van der Waals surface area contributed by atoms with E-state index in [1.807, 2.05) is 12.1 Å². The lowest BCUT2D eigenvalue weighted by atomic mass is 10.0. The number of carbonyl (C=O) groups is 1. The number of hydrazine groups is 1. The first-order valence-electron chi connectivity index (χ1n) is 5.05. The van der Waals surface area contributed by atoms with Gasteiger partial charge >= 0.3 is 6.16 Å². The largest absolute Gasteiger partial charge is 0.503 e. The molecule has 0 bridgehead atoms. The van der Waals surface area contributed by atoms with Gasteiger partial charge in [0.05, 0.1) is 5.69 Å². The Bertz CT molecular complexity index is 414. The summed E-state index contributed by atoms with van der Waals surface area (Å²) in [6, 6.07) is 5.98. The number of anilines is 1. The van der Waals surface area contributed by atoms with Gasteiger partial charge in [-0.05, 0) is 19.9 Å². The molecule has 17 heavy (non-hydrogen) atoms. The monoisotopic (exact) mass is 240 g/mol. The van der Waals surface area contributed by atoms with Crippen LogP contribution in [0, 0.1) is 0 Å². The van der Waals surface area contributed by atoms with Gasteiger partial charge in [0, 0.05) is 12.0 Å². The molecule has 0 radical (unpaired) electrons. The third-order valence-electron chi connectivity index (χ3n) is 2.25. The number of carboxylic acid groups (broad SMARTS) is 2. The highest BCUT2D eigenvalue weighted by Gasteiger charge is 2.31. The highest BCUT2D eigenvalue weighted by molar-refractivity contribution is 5.61. The fraction of sp³-hybridized carbons (Fsp3) is 0.364. The van der Waals surface area contributed by atoms with Gasteiger partial charge < -0.3 is 20.4 Å². The van der Waals surface area contributed by atoms with Crippen molar-refractivity contribution in [3.8, 4) is 5.75 Å². The van der Waals surface area contributed by atoms with E-state index in [9.17, 15) is 0 Å². The van der Waals surface area contributed by atoms with Crippen LogP contribution in [-0.2, 0) is 6.42 Å². The van der Waals surface area contributed by atoms with Crippen LogP contribution < -0.4 is 16.0 Å². The van der Waals surface area contributed by atoms with Crippen molar-refractivity contribution in [2.45, 2.75) is 25.9 Å². The Labute approximate surface area is 99.0 Å². The van der Waals surface area contributed by atoms with Crippen LogP contribution in [0.1, 0.15) is 19.4 Å². The standard InChI is InChI=1S/C10H14N2O.CH2O3/c1-10(2)6-7-4-3-5-8(12-11)9(7)13-10;2-1(3)4/h3-5,12H,6,11H2,1-2H3;(H2,2,3,4). The van der Waals surface area contributed by atoms with Gasteiger partial charge in [0.1, 0.15) is 11.4 Å². The van der Waals surface area contributed by atoms with E-state index in [1.54, 1.807) is 0 Å². The van der Waals surface area contributed by atoms with E-state index in [0.29, 0.717) is 0 Å². The Morgan fingerprint density at radius 2 is 2.06 bits per heavy atom. The molecule has 0 saturated heterocycles. The summed E-state index contributed by atoms with van der Waals surface area (Å²) in [6.45, 7) is 4.15. The molecule has 6 heteroatoms. The smallest absolute Gasteiger partial charge is 0.485 e. The zero-order valence-corrected chi connectivity index (χ0v) is 9.73. The Morgan fingerprint density at radius 1 is 1.47 bits per heavy atom. The maximum absolute atomic E-state index is 8.56.